The number of carbonyl (C=O) groups excluding carboxylic acids is 1. The fourth-order valence-electron chi connectivity index (χ4n) is 3.19. The number of nitrogens with zero attached hydrogens (tertiary/aromatic N) is 1. The Labute approximate surface area is 134 Å². The van der Waals surface area contributed by atoms with Crippen molar-refractivity contribution in [2.24, 2.45) is 0 Å². The lowest BCUT2D eigenvalue weighted by Gasteiger charge is -2.31. The molecule has 4 heteroatoms. The lowest BCUT2D eigenvalue weighted by Crippen LogP contribution is -2.48. The number of hydrogen-bond donors (Lipinski definition) is 2. The summed E-state index contributed by atoms with van der Waals surface area (Å²) in [4.78, 5) is 14.7. The first-order chi connectivity index (χ1) is 10.8. The molecule has 0 saturated carbocycles. The van der Waals surface area contributed by atoms with Gasteiger partial charge >= 0.3 is 0 Å². The lowest BCUT2D eigenvalue weighted by atomic mass is 10.0. The van der Waals surface area contributed by atoms with Gasteiger partial charge in [-0.25, -0.2) is 0 Å². The highest BCUT2D eigenvalue weighted by Gasteiger charge is 2.23. The summed E-state index contributed by atoms with van der Waals surface area (Å²) in [6.45, 7) is 7.92. The van der Waals surface area contributed by atoms with E-state index in [2.05, 4.69) is 53.6 Å². The smallest absolute Gasteiger partial charge is 0.237 e. The largest absolute Gasteiger partial charge is 0.353 e. The van der Waals surface area contributed by atoms with Crippen molar-refractivity contribution in [3.05, 3.63) is 35.9 Å². The van der Waals surface area contributed by atoms with Crippen molar-refractivity contribution in [3.8, 4) is 0 Å². The third-order valence-corrected chi connectivity index (χ3v) is 4.53. The fourth-order valence-corrected chi connectivity index (χ4v) is 3.19. The van der Waals surface area contributed by atoms with Gasteiger partial charge in [-0.15, -0.1) is 0 Å². The Kier molecular flexibility index (Phi) is 6.87. The molecule has 1 fully saturated rings. The van der Waals surface area contributed by atoms with Crippen molar-refractivity contribution in [1.29, 1.82) is 0 Å². The van der Waals surface area contributed by atoms with Crippen molar-refractivity contribution in [3.63, 3.8) is 0 Å². The molecule has 2 atom stereocenters. The van der Waals surface area contributed by atoms with Crippen LogP contribution in [0.4, 0.5) is 0 Å². The van der Waals surface area contributed by atoms with Crippen molar-refractivity contribution < 1.29 is 4.79 Å². The minimum absolute atomic E-state index is 0.0122. The number of piperidine rings is 1. The van der Waals surface area contributed by atoms with Crippen LogP contribution in [0.5, 0.6) is 0 Å². The van der Waals surface area contributed by atoms with E-state index in [0.29, 0.717) is 6.54 Å². The van der Waals surface area contributed by atoms with Gasteiger partial charge in [-0.1, -0.05) is 50.6 Å². The van der Waals surface area contributed by atoms with E-state index in [1.165, 1.54) is 12.0 Å². The summed E-state index contributed by atoms with van der Waals surface area (Å²) < 4.78 is 0. The molecule has 1 amide bonds. The summed E-state index contributed by atoms with van der Waals surface area (Å²) in [5.41, 5.74) is 1.27. The Hall–Kier alpha value is -1.39. The van der Waals surface area contributed by atoms with Gasteiger partial charge in [0.15, 0.2) is 0 Å². The molecule has 1 aromatic carbocycles. The first kappa shape index (κ1) is 17.0. The summed E-state index contributed by atoms with van der Waals surface area (Å²) in [6, 6.07) is 10.7. The lowest BCUT2D eigenvalue weighted by molar-refractivity contribution is -0.123. The molecule has 0 bridgehead atoms. The van der Waals surface area contributed by atoms with E-state index in [-0.39, 0.29) is 18.0 Å². The summed E-state index contributed by atoms with van der Waals surface area (Å²) in [5.74, 6) is 0.146. The molecule has 4 nitrogen and oxygen atoms in total. The zero-order valence-electron chi connectivity index (χ0n) is 13.8. The molecule has 0 spiro atoms. The van der Waals surface area contributed by atoms with Crippen LogP contribution >= 0.6 is 0 Å². The minimum Gasteiger partial charge on any atom is -0.353 e. The molecule has 2 N–H and O–H groups in total. The molecule has 0 aromatic heterocycles. The fraction of sp³-hybridized carbons (Fsp3) is 0.611. The number of hydrogen-bond acceptors (Lipinski definition) is 3. The van der Waals surface area contributed by atoms with Crippen molar-refractivity contribution >= 4 is 5.91 Å². The van der Waals surface area contributed by atoms with E-state index in [0.717, 1.165) is 32.5 Å². The summed E-state index contributed by atoms with van der Waals surface area (Å²) in [5, 5.41) is 6.47. The zero-order chi connectivity index (χ0) is 15.8. The van der Waals surface area contributed by atoms with Crippen LogP contribution in [0.2, 0.25) is 0 Å². The Morgan fingerprint density at radius 1 is 1.27 bits per heavy atom. The van der Waals surface area contributed by atoms with Crippen LogP contribution in [0.15, 0.2) is 30.3 Å². The summed E-state index contributed by atoms with van der Waals surface area (Å²) in [7, 11) is 0. The molecule has 0 radical (unpaired) electrons. The zero-order valence-corrected chi connectivity index (χ0v) is 13.8. The van der Waals surface area contributed by atoms with Crippen LogP contribution in [0.3, 0.4) is 0 Å². The standard InChI is InChI=1S/C18H29N3O/c1-3-21(4-2)17(15-10-6-5-7-11-15)14-20-18(22)16-12-8-9-13-19-16/h5-7,10-11,16-17,19H,3-4,8-9,12-14H2,1-2H3,(H,20,22). The van der Waals surface area contributed by atoms with Gasteiger partial charge in [-0.05, 0) is 38.0 Å². The van der Waals surface area contributed by atoms with Crippen LogP contribution < -0.4 is 10.6 Å². The van der Waals surface area contributed by atoms with Crippen molar-refractivity contribution in [2.45, 2.75) is 45.2 Å². The van der Waals surface area contributed by atoms with Gasteiger partial charge in [-0.3, -0.25) is 9.69 Å². The number of rotatable bonds is 7. The molecule has 0 aliphatic carbocycles. The monoisotopic (exact) mass is 303 g/mol. The van der Waals surface area contributed by atoms with Gasteiger partial charge < -0.3 is 10.6 Å². The molecule has 122 valence electrons. The second-order valence-corrected chi connectivity index (χ2v) is 5.90. The normalized spacial score (nSPS) is 19.9. The highest BCUT2D eigenvalue weighted by Crippen LogP contribution is 2.19. The number of benzene rings is 1. The molecule has 2 unspecified atom stereocenters. The molecule has 1 aliphatic rings. The maximum Gasteiger partial charge on any atom is 0.237 e. The molecule has 1 saturated heterocycles. The molecular formula is C18H29N3O. The SMILES string of the molecule is CCN(CC)C(CNC(=O)C1CCCCN1)c1ccccc1. The second kappa shape index (κ2) is 8.91. The molecule has 22 heavy (non-hydrogen) atoms. The topological polar surface area (TPSA) is 44.4 Å². The molecule has 1 heterocycles. The van der Waals surface area contributed by atoms with Crippen molar-refractivity contribution in [1.82, 2.24) is 15.5 Å². The van der Waals surface area contributed by atoms with Gasteiger partial charge in [0.25, 0.3) is 0 Å². The predicted molar refractivity (Wildman–Crippen MR) is 90.8 cm³/mol. The quantitative estimate of drug-likeness (QED) is 0.812. The summed E-state index contributed by atoms with van der Waals surface area (Å²) in [6.07, 6.45) is 3.27. The van der Waals surface area contributed by atoms with Gasteiger partial charge in [0, 0.05) is 6.54 Å². The predicted octanol–water partition coefficient (Wildman–Crippen LogP) is 2.33. The Bertz CT molecular complexity index is 439. The van der Waals surface area contributed by atoms with Crippen LogP contribution in [0.1, 0.15) is 44.7 Å². The van der Waals surface area contributed by atoms with Crippen molar-refractivity contribution in [2.75, 3.05) is 26.2 Å². The molecule has 2 rings (SSSR count). The van der Waals surface area contributed by atoms with E-state index in [1.807, 2.05) is 6.07 Å². The first-order valence-corrected chi connectivity index (χ1v) is 8.56. The molecule has 1 aromatic rings. The van der Waals surface area contributed by atoms with E-state index >= 15 is 0 Å². The summed E-state index contributed by atoms with van der Waals surface area (Å²) >= 11 is 0. The molecular weight excluding hydrogens is 274 g/mol. The Balaban J connectivity index is 1.98. The van der Waals surface area contributed by atoms with Crippen LogP contribution in [0, 0.1) is 0 Å². The highest BCUT2D eigenvalue weighted by molar-refractivity contribution is 5.81. The number of likely N-dealkylation sites (N-methyl/N-ethyl adjacent to an activating group) is 1. The minimum atomic E-state index is -0.0122. The number of amides is 1. The molecule has 1 aliphatic heterocycles. The first-order valence-electron chi connectivity index (χ1n) is 8.56. The third-order valence-electron chi connectivity index (χ3n) is 4.53. The van der Waals surface area contributed by atoms with E-state index < -0.39 is 0 Å². The third kappa shape index (κ3) is 4.55. The maximum atomic E-state index is 12.3. The van der Waals surface area contributed by atoms with E-state index in [9.17, 15) is 4.79 Å². The highest BCUT2D eigenvalue weighted by atomic mass is 16.2. The van der Waals surface area contributed by atoms with Gasteiger partial charge in [0.05, 0.1) is 12.1 Å². The van der Waals surface area contributed by atoms with Gasteiger partial charge in [-0.2, -0.15) is 0 Å². The Morgan fingerprint density at radius 3 is 2.59 bits per heavy atom. The van der Waals surface area contributed by atoms with E-state index in [1.54, 1.807) is 0 Å². The van der Waals surface area contributed by atoms with E-state index in [4.69, 9.17) is 0 Å². The number of nitrogens with one attached hydrogen (secondary N) is 2. The van der Waals surface area contributed by atoms with Crippen LogP contribution in [-0.2, 0) is 4.79 Å². The van der Waals surface area contributed by atoms with Crippen LogP contribution in [0.25, 0.3) is 0 Å². The average Bonchev–Trinajstić information content (AvgIpc) is 2.60. The van der Waals surface area contributed by atoms with Gasteiger partial charge in [0.2, 0.25) is 5.91 Å². The average molecular weight is 303 g/mol. The Morgan fingerprint density at radius 2 is 2.00 bits per heavy atom. The maximum absolute atomic E-state index is 12.3. The second-order valence-electron chi connectivity index (χ2n) is 5.90. The number of carbonyl (C=O) groups is 1. The van der Waals surface area contributed by atoms with Crippen LogP contribution in [-0.4, -0.2) is 43.0 Å². The van der Waals surface area contributed by atoms with Gasteiger partial charge in [0.1, 0.15) is 0 Å².